The lowest BCUT2D eigenvalue weighted by molar-refractivity contribution is -0.133. The van der Waals surface area contributed by atoms with Crippen molar-refractivity contribution in [3.8, 4) is 11.1 Å². The minimum absolute atomic E-state index is 0.00209. The molecule has 3 fully saturated rings. The summed E-state index contributed by atoms with van der Waals surface area (Å²) >= 11 is 0. The molecule has 2 saturated carbocycles. The maximum Gasteiger partial charge on any atom is 0.318 e. The topological polar surface area (TPSA) is 124 Å². The fraction of sp³-hybridized carbons (Fsp3) is 0.500. The van der Waals surface area contributed by atoms with Gasteiger partial charge < -0.3 is 15.5 Å². The van der Waals surface area contributed by atoms with Crippen molar-refractivity contribution in [2.24, 2.45) is 23.0 Å². The Labute approximate surface area is 196 Å². The van der Waals surface area contributed by atoms with E-state index in [9.17, 15) is 18.8 Å². The third-order valence-electron chi connectivity index (χ3n) is 7.56. The molecule has 2 heterocycles. The van der Waals surface area contributed by atoms with E-state index >= 15 is 0 Å². The van der Waals surface area contributed by atoms with Gasteiger partial charge in [-0.2, -0.15) is 5.10 Å². The van der Waals surface area contributed by atoms with Gasteiger partial charge in [0.15, 0.2) is 0 Å². The number of urea groups is 1. The number of aromatic amines is 1. The molecule has 2 aromatic rings. The molecule has 0 spiro atoms. The van der Waals surface area contributed by atoms with Gasteiger partial charge in [0.05, 0.1) is 11.6 Å². The van der Waals surface area contributed by atoms with Crippen LogP contribution in [0.15, 0.2) is 30.6 Å². The molecule has 4 amide bonds. The van der Waals surface area contributed by atoms with E-state index in [0.717, 1.165) is 29.7 Å². The van der Waals surface area contributed by atoms with Crippen molar-refractivity contribution in [3.05, 3.63) is 36.4 Å². The standard InChI is InChI=1S/C24H29FN6O3/c1-14-13-30(21(32)8-18-10-24(18,17-2-3-17)22(33)29-23(26)34)4-5-31(14)20-7-15(6-19(25)9-20)16-11-27-28-12-16/h6-7,9,11-12,14,17-18H,2-5,8,10,13H2,1H3,(H,27,28)(H3,26,29,33,34)/t14-,18?,24-/m0/s1. The number of nitrogens with one attached hydrogen (secondary N) is 2. The van der Waals surface area contributed by atoms with Crippen LogP contribution in [0.5, 0.6) is 0 Å². The highest BCUT2D eigenvalue weighted by molar-refractivity contribution is 5.99. The fourth-order valence-electron chi connectivity index (χ4n) is 5.62. The number of carbonyl (C=O) groups excluding carboxylic acids is 3. The molecule has 3 aliphatic rings. The van der Waals surface area contributed by atoms with Crippen LogP contribution in [0.3, 0.4) is 0 Å². The zero-order valence-electron chi connectivity index (χ0n) is 19.1. The molecule has 34 heavy (non-hydrogen) atoms. The summed E-state index contributed by atoms with van der Waals surface area (Å²) in [5.41, 5.74) is 6.85. The van der Waals surface area contributed by atoms with Crippen LogP contribution in [0, 0.1) is 23.1 Å². The number of hydrogen-bond acceptors (Lipinski definition) is 5. The van der Waals surface area contributed by atoms with E-state index in [2.05, 4.69) is 20.4 Å². The maximum absolute atomic E-state index is 14.4. The zero-order valence-corrected chi connectivity index (χ0v) is 19.1. The number of H-pyrrole nitrogens is 1. The van der Waals surface area contributed by atoms with Crippen LogP contribution in [0.1, 0.15) is 32.6 Å². The Morgan fingerprint density at radius 3 is 2.68 bits per heavy atom. The molecule has 2 aliphatic carbocycles. The van der Waals surface area contributed by atoms with E-state index in [1.807, 2.05) is 17.9 Å². The van der Waals surface area contributed by atoms with Crippen molar-refractivity contribution < 1.29 is 18.8 Å². The third kappa shape index (κ3) is 4.12. The second-order valence-corrected chi connectivity index (χ2v) is 9.81. The van der Waals surface area contributed by atoms with Crippen molar-refractivity contribution in [1.82, 2.24) is 20.4 Å². The Morgan fingerprint density at radius 1 is 1.24 bits per heavy atom. The number of nitrogens with two attached hydrogens (primary N) is 1. The second kappa shape index (κ2) is 8.41. The number of imide groups is 1. The summed E-state index contributed by atoms with van der Waals surface area (Å²) in [6, 6.07) is 4.09. The van der Waals surface area contributed by atoms with Gasteiger partial charge in [0.2, 0.25) is 11.8 Å². The van der Waals surface area contributed by atoms with Gasteiger partial charge in [-0.05, 0) is 61.8 Å². The van der Waals surface area contributed by atoms with E-state index in [0.29, 0.717) is 32.5 Å². The Kier molecular flexibility index (Phi) is 5.53. The molecule has 1 unspecified atom stereocenters. The van der Waals surface area contributed by atoms with Gasteiger partial charge in [0.25, 0.3) is 0 Å². The quantitative estimate of drug-likeness (QED) is 0.600. The smallest absolute Gasteiger partial charge is 0.318 e. The number of nitrogens with zero attached hydrogens (tertiary/aromatic N) is 3. The molecule has 180 valence electrons. The van der Waals surface area contributed by atoms with E-state index in [-0.39, 0.29) is 35.5 Å². The summed E-state index contributed by atoms with van der Waals surface area (Å²) in [4.78, 5) is 40.8. The van der Waals surface area contributed by atoms with Gasteiger partial charge in [0, 0.05) is 49.5 Å². The molecule has 0 radical (unpaired) electrons. The number of carbonyl (C=O) groups is 3. The number of hydrogen-bond donors (Lipinski definition) is 3. The Morgan fingerprint density at radius 2 is 2.03 bits per heavy atom. The van der Waals surface area contributed by atoms with E-state index < -0.39 is 11.4 Å². The summed E-state index contributed by atoms with van der Waals surface area (Å²) in [5.74, 6) is -0.459. The molecule has 3 atom stereocenters. The lowest BCUT2D eigenvalue weighted by atomic mass is 9.94. The zero-order chi connectivity index (χ0) is 24.0. The summed E-state index contributed by atoms with van der Waals surface area (Å²) < 4.78 is 14.4. The van der Waals surface area contributed by atoms with Crippen molar-refractivity contribution in [2.45, 2.75) is 38.6 Å². The monoisotopic (exact) mass is 468 g/mol. The molecular formula is C24H29FN6O3. The number of piperazine rings is 1. The SMILES string of the molecule is C[C@H]1CN(C(=O)CC2C[C@]2(C(=O)NC(N)=O)C2CC2)CCN1c1cc(F)cc(-c2cn[nH]c2)c1. The second-order valence-electron chi connectivity index (χ2n) is 9.81. The fourth-order valence-corrected chi connectivity index (χ4v) is 5.62. The van der Waals surface area contributed by atoms with Gasteiger partial charge in [-0.1, -0.05) is 0 Å². The first-order chi connectivity index (χ1) is 16.3. The van der Waals surface area contributed by atoms with Crippen molar-refractivity contribution in [1.29, 1.82) is 0 Å². The van der Waals surface area contributed by atoms with Gasteiger partial charge >= 0.3 is 6.03 Å². The highest BCUT2D eigenvalue weighted by atomic mass is 19.1. The van der Waals surface area contributed by atoms with E-state index in [1.54, 1.807) is 12.4 Å². The third-order valence-corrected chi connectivity index (χ3v) is 7.56. The molecule has 1 saturated heterocycles. The molecule has 1 aromatic carbocycles. The van der Waals surface area contributed by atoms with Crippen LogP contribution in [0.4, 0.5) is 14.9 Å². The predicted molar refractivity (Wildman–Crippen MR) is 123 cm³/mol. The molecule has 10 heteroatoms. The van der Waals surface area contributed by atoms with Crippen LogP contribution in [-0.4, -0.2) is 58.6 Å². The number of primary amides is 1. The average Bonchev–Trinajstić information content (AvgIpc) is 3.69. The highest BCUT2D eigenvalue weighted by Gasteiger charge is 2.67. The molecule has 5 rings (SSSR count). The number of anilines is 1. The lowest BCUT2D eigenvalue weighted by Crippen LogP contribution is -2.54. The molecule has 1 aliphatic heterocycles. The predicted octanol–water partition coefficient (Wildman–Crippen LogP) is 2.25. The average molecular weight is 469 g/mol. The first-order valence-electron chi connectivity index (χ1n) is 11.7. The van der Waals surface area contributed by atoms with Gasteiger partial charge in [-0.25, -0.2) is 9.18 Å². The highest BCUT2D eigenvalue weighted by Crippen LogP contribution is 2.66. The van der Waals surface area contributed by atoms with Crippen molar-refractivity contribution in [2.75, 3.05) is 24.5 Å². The van der Waals surface area contributed by atoms with Crippen LogP contribution < -0.4 is 16.0 Å². The van der Waals surface area contributed by atoms with Gasteiger partial charge in [0.1, 0.15) is 5.82 Å². The summed E-state index contributed by atoms with van der Waals surface area (Å²) in [5, 5.41) is 8.92. The van der Waals surface area contributed by atoms with Crippen molar-refractivity contribution in [3.63, 3.8) is 0 Å². The Balaban J connectivity index is 1.22. The first-order valence-corrected chi connectivity index (χ1v) is 11.7. The minimum atomic E-state index is -0.847. The Hall–Kier alpha value is -3.43. The Bertz CT molecular complexity index is 1120. The van der Waals surface area contributed by atoms with Crippen LogP contribution in [-0.2, 0) is 9.59 Å². The molecular weight excluding hydrogens is 439 g/mol. The van der Waals surface area contributed by atoms with E-state index in [1.165, 1.54) is 12.1 Å². The maximum atomic E-state index is 14.4. The number of benzene rings is 1. The molecule has 9 nitrogen and oxygen atoms in total. The minimum Gasteiger partial charge on any atom is -0.365 e. The number of rotatable bonds is 6. The lowest BCUT2D eigenvalue weighted by Gasteiger charge is -2.41. The summed E-state index contributed by atoms with van der Waals surface area (Å²) in [6.45, 7) is 3.65. The van der Waals surface area contributed by atoms with Gasteiger partial charge in [-0.15, -0.1) is 0 Å². The normalized spacial score (nSPS) is 26.3. The number of aromatic nitrogens is 2. The number of amides is 4. The summed E-state index contributed by atoms with van der Waals surface area (Å²) in [6.07, 6.45) is 6.18. The van der Waals surface area contributed by atoms with Crippen molar-refractivity contribution >= 4 is 23.5 Å². The largest absolute Gasteiger partial charge is 0.365 e. The molecule has 0 bridgehead atoms. The van der Waals surface area contributed by atoms with Crippen LogP contribution in [0.25, 0.3) is 11.1 Å². The number of halogens is 1. The first kappa shape index (κ1) is 22.4. The van der Waals surface area contributed by atoms with Crippen LogP contribution in [0.2, 0.25) is 0 Å². The van der Waals surface area contributed by atoms with Crippen LogP contribution >= 0.6 is 0 Å². The van der Waals surface area contributed by atoms with Gasteiger partial charge in [-0.3, -0.25) is 20.0 Å². The molecule has 4 N–H and O–H groups in total. The van der Waals surface area contributed by atoms with E-state index in [4.69, 9.17) is 5.73 Å². The molecule has 1 aromatic heterocycles. The summed E-state index contributed by atoms with van der Waals surface area (Å²) in [7, 11) is 0.